The molecule has 1 aromatic carbocycles. The van der Waals surface area contributed by atoms with Crippen molar-refractivity contribution in [1.82, 2.24) is 15.0 Å². The van der Waals surface area contributed by atoms with Crippen molar-refractivity contribution >= 4 is 29.2 Å². The smallest absolute Gasteiger partial charge is 0.236 e. The van der Waals surface area contributed by atoms with Gasteiger partial charge in [-0.2, -0.15) is 15.0 Å². The highest BCUT2D eigenvalue weighted by atomic mass is 35.5. The average molecular weight is 360 g/mol. The number of aromatic nitrogens is 3. The van der Waals surface area contributed by atoms with Crippen LogP contribution in [0.2, 0.25) is 5.28 Å². The van der Waals surface area contributed by atoms with Crippen molar-refractivity contribution in [2.75, 3.05) is 29.4 Å². The lowest BCUT2D eigenvalue weighted by molar-refractivity contribution is -0.00572. The first-order chi connectivity index (χ1) is 12.1. The number of ether oxygens (including phenoxy) is 1. The Kier molecular flexibility index (Phi) is 4.48. The van der Waals surface area contributed by atoms with Crippen molar-refractivity contribution in [3.05, 3.63) is 35.1 Å². The van der Waals surface area contributed by atoms with Gasteiger partial charge < -0.3 is 14.5 Å². The Bertz CT molecular complexity index is 761. The molecule has 1 aromatic heterocycles. The van der Waals surface area contributed by atoms with Crippen molar-refractivity contribution in [2.45, 2.75) is 38.9 Å². The average Bonchev–Trinajstić information content (AvgIpc) is 2.60. The lowest BCUT2D eigenvalue weighted by Gasteiger charge is -2.36. The molecule has 1 fully saturated rings. The number of morpholine rings is 1. The summed E-state index contributed by atoms with van der Waals surface area (Å²) in [4.78, 5) is 17.8. The van der Waals surface area contributed by atoms with Crippen molar-refractivity contribution in [3.8, 4) is 0 Å². The fourth-order valence-electron chi connectivity index (χ4n) is 3.67. The number of hydrogen-bond acceptors (Lipinski definition) is 6. The Balaban J connectivity index is 1.69. The second-order valence-electron chi connectivity index (χ2n) is 6.75. The second-order valence-corrected chi connectivity index (χ2v) is 7.09. The van der Waals surface area contributed by atoms with Gasteiger partial charge in [-0.15, -0.1) is 0 Å². The van der Waals surface area contributed by atoms with Gasteiger partial charge in [0, 0.05) is 25.3 Å². The highest BCUT2D eigenvalue weighted by Gasteiger charge is 2.27. The Morgan fingerprint density at radius 2 is 1.76 bits per heavy atom. The maximum Gasteiger partial charge on any atom is 0.236 e. The van der Waals surface area contributed by atoms with E-state index in [1.807, 2.05) is 6.07 Å². The highest BCUT2D eigenvalue weighted by molar-refractivity contribution is 6.28. The van der Waals surface area contributed by atoms with Crippen LogP contribution in [-0.2, 0) is 11.2 Å². The first kappa shape index (κ1) is 16.5. The molecule has 25 heavy (non-hydrogen) atoms. The number of halogens is 1. The third-order valence-electron chi connectivity index (χ3n) is 4.64. The van der Waals surface area contributed by atoms with E-state index in [0.29, 0.717) is 11.9 Å². The molecule has 6 nitrogen and oxygen atoms in total. The quantitative estimate of drug-likeness (QED) is 0.820. The minimum atomic E-state index is 0.137. The van der Waals surface area contributed by atoms with E-state index in [2.05, 4.69) is 51.8 Å². The zero-order valence-corrected chi connectivity index (χ0v) is 15.3. The normalized spacial score (nSPS) is 23.5. The lowest BCUT2D eigenvalue weighted by atomic mass is 10.0. The van der Waals surface area contributed by atoms with E-state index >= 15 is 0 Å². The van der Waals surface area contributed by atoms with Crippen molar-refractivity contribution in [3.63, 3.8) is 0 Å². The van der Waals surface area contributed by atoms with Crippen molar-refractivity contribution in [2.24, 2.45) is 0 Å². The van der Waals surface area contributed by atoms with Gasteiger partial charge >= 0.3 is 0 Å². The van der Waals surface area contributed by atoms with Crippen molar-refractivity contribution < 1.29 is 4.74 Å². The maximum atomic E-state index is 6.24. The van der Waals surface area contributed by atoms with Gasteiger partial charge in [0.05, 0.1) is 12.2 Å². The molecular weight excluding hydrogens is 338 g/mol. The van der Waals surface area contributed by atoms with Gasteiger partial charge in [-0.3, -0.25) is 0 Å². The van der Waals surface area contributed by atoms with Crippen LogP contribution in [0.15, 0.2) is 24.3 Å². The van der Waals surface area contributed by atoms with Gasteiger partial charge in [0.25, 0.3) is 0 Å². The topological polar surface area (TPSA) is 54.4 Å². The van der Waals surface area contributed by atoms with Crippen LogP contribution in [0.25, 0.3) is 0 Å². The van der Waals surface area contributed by atoms with Crippen LogP contribution in [0.4, 0.5) is 17.6 Å². The molecule has 2 aromatic rings. The van der Waals surface area contributed by atoms with E-state index in [4.69, 9.17) is 21.3 Å². The number of benzene rings is 1. The third-order valence-corrected chi connectivity index (χ3v) is 4.81. The summed E-state index contributed by atoms with van der Waals surface area (Å²) in [6.45, 7) is 6.51. The Labute approximate surface area is 152 Å². The van der Waals surface area contributed by atoms with E-state index < -0.39 is 0 Å². The first-order valence-electron chi connectivity index (χ1n) is 8.77. The molecule has 4 rings (SSSR count). The molecule has 0 spiro atoms. The number of fused-ring (bicyclic) bond motifs is 1. The van der Waals surface area contributed by atoms with E-state index in [-0.39, 0.29) is 17.5 Å². The molecular formula is C18H22ClN5O. The predicted octanol–water partition coefficient (Wildman–Crippen LogP) is 3.22. The molecule has 2 unspecified atom stereocenters. The van der Waals surface area contributed by atoms with Crippen LogP contribution >= 0.6 is 11.6 Å². The van der Waals surface area contributed by atoms with E-state index in [0.717, 1.165) is 38.2 Å². The number of anilines is 3. The number of rotatable bonds is 2. The second kappa shape index (κ2) is 6.77. The summed E-state index contributed by atoms with van der Waals surface area (Å²) in [6, 6.07) is 8.40. The lowest BCUT2D eigenvalue weighted by Crippen LogP contribution is -2.46. The zero-order valence-electron chi connectivity index (χ0n) is 14.5. The fraction of sp³-hybridized carbons (Fsp3) is 0.500. The Hall–Kier alpha value is -1.92. The molecule has 0 bridgehead atoms. The van der Waals surface area contributed by atoms with E-state index in [1.54, 1.807) is 0 Å². The van der Waals surface area contributed by atoms with Crippen LogP contribution in [0.5, 0.6) is 0 Å². The van der Waals surface area contributed by atoms with Gasteiger partial charge in [-0.1, -0.05) is 18.2 Å². The molecule has 7 heteroatoms. The predicted molar refractivity (Wildman–Crippen MR) is 98.8 cm³/mol. The molecule has 1 saturated heterocycles. The molecule has 0 aliphatic carbocycles. The summed E-state index contributed by atoms with van der Waals surface area (Å²) in [6.07, 6.45) is 2.43. The van der Waals surface area contributed by atoms with Crippen LogP contribution in [0, 0.1) is 0 Å². The summed E-state index contributed by atoms with van der Waals surface area (Å²) < 4.78 is 5.80. The molecule has 0 N–H and O–H groups in total. The van der Waals surface area contributed by atoms with Gasteiger partial charge in [0.1, 0.15) is 0 Å². The summed E-state index contributed by atoms with van der Waals surface area (Å²) in [5.74, 6) is 1.24. The Morgan fingerprint density at radius 1 is 1.04 bits per heavy atom. The summed E-state index contributed by atoms with van der Waals surface area (Å²) in [5, 5.41) is 0.231. The minimum absolute atomic E-state index is 0.137. The number of para-hydroxylation sites is 1. The standard InChI is InChI=1S/C18H22ClN5O/c1-12-10-23(11-13(2)25-12)17-20-16(19)21-18(22-17)24-9-5-7-14-6-3-4-8-15(14)24/h3-4,6,8,12-13H,5,7,9-11H2,1-2H3. The monoisotopic (exact) mass is 359 g/mol. The third kappa shape index (κ3) is 3.41. The molecule has 2 aliphatic heterocycles. The fourth-order valence-corrected chi connectivity index (χ4v) is 3.83. The first-order valence-corrected chi connectivity index (χ1v) is 9.15. The zero-order chi connectivity index (χ0) is 17.4. The van der Waals surface area contributed by atoms with E-state index in [9.17, 15) is 0 Å². The van der Waals surface area contributed by atoms with Crippen LogP contribution < -0.4 is 9.80 Å². The minimum Gasteiger partial charge on any atom is -0.372 e. The SMILES string of the molecule is CC1CN(c2nc(Cl)nc(N3CCCc4ccccc43)n2)CC(C)O1. The Morgan fingerprint density at radius 3 is 2.56 bits per heavy atom. The molecule has 132 valence electrons. The van der Waals surface area contributed by atoms with Gasteiger partial charge in [-0.25, -0.2) is 0 Å². The van der Waals surface area contributed by atoms with E-state index in [1.165, 1.54) is 5.56 Å². The summed E-state index contributed by atoms with van der Waals surface area (Å²) in [5.41, 5.74) is 2.48. The van der Waals surface area contributed by atoms with Gasteiger partial charge in [-0.05, 0) is 49.9 Å². The van der Waals surface area contributed by atoms with Gasteiger partial charge in [0.15, 0.2) is 0 Å². The molecule has 0 radical (unpaired) electrons. The molecule has 2 atom stereocenters. The number of nitrogens with zero attached hydrogens (tertiary/aromatic N) is 5. The molecule has 2 aliphatic rings. The highest BCUT2D eigenvalue weighted by Crippen LogP contribution is 2.32. The van der Waals surface area contributed by atoms with Gasteiger partial charge in [0.2, 0.25) is 17.2 Å². The number of aryl methyl sites for hydroxylation is 1. The largest absolute Gasteiger partial charge is 0.372 e. The van der Waals surface area contributed by atoms with Crippen LogP contribution in [0.1, 0.15) is 25.8 Å². The van der Waals surface area contributed by atoms with Crippen LogP contribution in [0.3, 0.4) is 0 Å². The summed E-state index contributed by atoms with van der Waals surface area (Å²) in [7, 11) is 0. The molecule has 0 saturated carbocycles. The van der Waals surface area contributed by atoms with Crippen molar-refractivity contribution in [1.29, 1.82) is 0 Å². The molecule has 3 heterocycles. The van der Waals surface area contributed by atoms with Crippen LogP contribution in [-0.4, -0.2) is 46.8 Å². The summed E-state index contributed by atoms with van der Waals surface area (Å²) >= 11 is 6.24. The molecule has 0 amide bonds. The maximum absolute atomic E-state index is 6.24. The number of hydrogen-bond donors (Lipinski definition) is 0.